The monoisotopic (exact) mass is 249 g/mol. The molecule has 84 valence electrons. The zero-order chi connectivity index (χ0) is 11.4. The summed E-state index contributed by atoms with van der Waals surface area (Å²) in [5.41, 5.74) is 1.28. The molecule has 0 radical (unpaired) electrons. The maximum atomic E-state index is 13.3. The van der Waals surface area contributed by atoms with Crippen LogP contribution < -0.4 is 4.90 Å². The number of aryl methyl sites for hydroxylation is 1. The van der Waals surface area contributed by atoms with Gasteiger partial charge in [-0.3, -0.25) is 0 Å². The average Bonchev–Trinajstić information content (AvgIpc) is 2.20. The molecule has 0 spiro atoms. The lowest BCUT2D eigenvalue weighted by Gasteiger charge is -2.20. The fourth-order valence-corrected chi connectivity index (χ4v) is 1.83. The summed E-state index contributed by atoms with van der Waals surface area (Å²) in [4.78, 5) is 1.91. The van der Waals surface area contributed by atoms with Crippen molar-refractivity contribution in [3.8, 4) is 0 Å². The molecule has 0 bridgehead atoms. The average molecular weight is 250 g/mol. The maximum absolute atomic E-state index is 13.3. The highest BCUT2D eigenvalue weighted by atomic mass is 35.5. The topological polar surface area (TPSA) is 3.24 Å². The van der Waals surface area contributed by atoms with Gasteiger partial charge in [0, 0.05) is 19.5 Å². The van der Waals surface area contributed by atoms with Gasteiger partial charge >= 0.3 is 0 Å². The first kappa shape index (κ1) is 12.6. The Balaban J connectivity index is 2.88. The highest BCUT2D eigenvalue weighted by Gasteiger charge is 2.09. The Hall–Kier alpha value is -0.470. The van der Waals surface area contributed by atoms with E-state index in [9.17, 15) is 4.39 Å². The van der Waals surface area contributed by atoms with E-state index >= 15 is 0 Å². The summed E-state index contributed by atoms with van der Waals surface area (Å²) in [6, 6.07) is 3.11. The van der Waals surface area contributed by atoms with Crippen molar-refractivity contribution in [1.29, 1.82) is 0 Å². The Morgan fingerprint density at radius 2 is 2.07 bits per heavy atom. The molecule has 1 aromatic rings. The van der Waals surface area contributed by atoms with Crippen molar-refractivity contribution in [1.82, 2.24) is 0 Å². The third kappa shape index (κ3) is 3.25. The van der Waals surface area contributed by atoms with Crippen LogP contribution in [0.25, 0.3) is 0 Å². The number of hydrogen-bond donors (Lipinski definition) is 0. The van der Waals surface area contributed by atoms with E-state index in [0.717, 1.165) is 13.0 Å². The minimum absolute atomic E-state index is 0.230. The number of alkyl halides is 1. The molecule has 0 fully saturated rings. The normalized spacial score (nSPS) is 10.5. The number of hydrogen-bond acceptors (Lipinski definition) is 1. The van der Waals surface area contributed by atoms with Crippen molar-refractivity contribution in [2.75, 3.05) is 24.4 Å². The van der Waals surface area contributed by atoms with Gasteiger partial charge in [-0.25, -0.2) is 4.39 Å². The smallest absolute Gasteiger partial charge is 0.128 e. The van der Waals surface area contributed by atoms with Crippen LogP contribution in [0.3, 0.4) is 0 Å². The predicted molar refractivity (Wildman–Crippen MR) is 64.8 cm³/mol. The van der Waals surface area contributed by atoms with Crippen LogP contribution in [0.2, 0.25) is 5.02 Å². The van der Waals surface area contributed by atoms with Crippen LogP contribution in [-0.2, 0) is 0 Å². The summed E-state index contributed by atoms with van der Waals surface area (Å²) < 4.78 is 13.3. The highest BCUT2D eigenvalue weighted by molar-refractivity contribution is 6.33. The third-order valence-electron chi connectivity index (χ3n) is 2.27. The van der Waals surface area contributed by atoms with E-state index in [1.54, 1.807) is 13.0 Å². The van der Waals surface area contributed by atoms with Gasteiger partial charge in [0.05, 0.1) is 10.7 Å². The lowest BCUT2D eigenvalue weighted by Crippen LogP contribution is -2.19. The van der Waals surface area contributed by atoms with E-state index in [2.05, 4.69) is 0 Å². The molecule has 1 rings (SSSR count). The van der Waals surface area contributed by atoms with Crippen molar-refractivity contribution >= 4 is 28.9 Å². The number of benzene rings is 1. The van der Waals surface area contributed by atoms with Gasteiger partial charge in [0.1, 0.15) is 5.82 Å². The lowest BCUT2D eigenvalue weighted by molar-refractivity contribution is 0.618. The number of nitrogens with zero attached hydrogens (tertiary/aromatic N) is 1. The first-order valence-corrected chi connectivity index (χ1v) is 5.70. The molecule has 0 aromatic heterocycles. The van der Waals surface area contributed by atoms with Gasteiger partial charge in [-0.15, -0.1) is 11.6 Å². The van der Waals surface area contributed by atoms with Crippen molar-refractivity contribution in [3.05, 3.63) is 28.5 Å². The molecule has 15 heavy (non-hydrogen) atoms. The minimum atomic E-state index is -0.230. The van der Waals surface area contributed by atoms with Crippen LogP contribution in [0, 0.1) is 12.7 Å². The standard InChI is InChI=1S/C11H14Cl2FN/c1-8-6-9(13)11(7-10(8)14)15(2)5-3-4-12/h6-7H,3-5H2,1-2H3. The number of halogens is 3. The fraction of sp³-hybridized carbons (Fsp3) is 0.455. The van der Waals surface area contributed by atoms with Crippen molar-refractivity contribution in [3.63, 3.8) is 0 Å². The van der Waals surface area contributed by atoms with E-state index < -0.39 is 0 Å². The maximum Gasteiger partial charge on any atom is 0.128 e. The summed E-state index contributed by atoms with van der Waals surface area (Å²) in [5, 5.41) is 0.575. The van der Waals surface area contributed by atoms with E-state index in [0.29, 0.717) is 22.2 Å². The fourth-order valence-electron chi connectivity index (χ4n) is 1.35. The Bertz CT molecular complexity index is 342. The van der Waals surface area contributed by atoms with Gasteiger partial charge in [-0.2, -0.15) is 0 Å². The second-order valence-electron chi connectivity index (χ2n) is 3.52. The minimum Gasteiger partial charge on any atom is -0.373 e. The van der Waals surface area contributed by atoms with Gasteiger partial charge in [0.2, 0.25) is 0 Å². The van der Waals surface area contributed by atoms with Gasteiger partial charge in [0.25, 0.3) is 0 Å². The van der Waals surface area contributed by atoms with Crippen LogP contribution >= 0.6 is 23.2 Å². The predicted octanol–water partition coefficient (Wildman–Crippen LogP) is 3.85. The van der Waals surface area contributed by atoms with E-state index in [-0.39, 0.29) is 5.82 Å². The number of anilines is 1. The molecule has 0 atom stereocenters. The molecule has 0 N–H and O–H groups in total. The molecule has 1 nitrogen and oxygen atoms in total. The molecule has 0 aliphatic rings. The summed E-state index contributed by atoms with van der Waals surface area (Å²) in [6.45, 7) is 2.47. The molecule has 0 aliphatic carbocycles. The quantitative estimate of drug-likeness (QED) is 0.733. The van der Waals surface area contributed by atoms with Crippen LogP contribution in [0.1, 0.15) is 12.0 Å². The van der Waals surface area contributed by atoms with E-state index in [1.165, 1.54) is 6.07 Å². The first-order valence-electron chi connectivity index (χ1n) is 4.79. The van der Waals surface area contributed by atoms with Gasteiger partial charge in [-0.05, 0) is 31.0 Å². The zero-order valence-corrected chi connectivity index (χ0v) is 10.4. The molecule has 0 amide bonds. The van der Waals surface area contributed by atoms with E-state index in [1.807, 2.05) is 11.9 Å². The van der Waals surface area contributed by atoms with Crippen LogP contribution in [0.15, 0.2) is 12.1 Å². The molecule has 0 saturated carbocycles. The Labute approximate surface area is 99.8 Å². The molecule has 0 unspecified atom stereocenters. The molecule has 0 heterocycles. The number of rotatable bonds is 4. The van der Waals surface area contributed by atoms with Gasteiger partial charge < -0.3 is 4.90 Å². The Kier molecular flexibility index (Phi) is 4.68. The second-order valence-corrected chi connectivity index (χ2v) is 4.30. The Morgan fingerprint density at radius 1 is 1.40 bits per heavy atom. The Morgan fingerprint density at radius 3 is 2.67 bits per heavy atom. The molecule has 0 saturated heterocycles. The molecular formula is C11H14Cl2FN. The zero-order valence-electron chi connectivity index (χ0n) is 8.86. The molecule has 4 heteroatoms. The lowest BCUT2D eigenvalue weighted by atomic mass is 10.2. The van der Waals surface area contributed by atoms with Gasteiger partial charge in [0.15, 0.2) is 0 Å². The summed E-state index contributed by atoms with van der Waals surface area (Å²) in [6.07, 6.45) is 0.851. The van der Waals surface area contributed by atoms with Crippen molar-refractivity contribution in [2.24, 2.45) is 0 Å². The van der Waals surface area contributed by atoms with Crippen LogP contribution in [0.5, 0.6) is 0 Å². The molecule has 0 aliphatic heterocycles. The van der Waals surface area contributed by atoms with Crippen LogP contribution in [-0.4, -0.2) is 19.5 Å². The highest BCUT2D eigenvalue weighted by Crippen LogP contribution is 2.27. The SMILES string of the molecule is Cc1cc(Cl)c(N(C)CCCCl)cc1F. The third-order valence-corrected chi connectivity index (χ3v) is 2.84. The molecular weight excluding hydrogens is 236 g/mol. The van der Waals surface area contributed by atoms with E-state index in [4.69, 9.17) is 23.2 Å². The summed E-state index contributed by atoms with van der Waals surface area (Å²) in [7, 11) is 1.88. The van der Waals surface area contributed by atoms with Crippen molar-refractivity contribution < 1.29 is 4.39 Å². The second kappa shape index (κ2) is 5.57. The van der Waals surface area contributed by atoms with Crippen LogP contribution in [0.4, 0.5) is 10.1 Å². The largest absolute Gasteiger partial charge is 0.373 e. The first-order chi connectivity index (χ1) is 7.06. The van der Waals surface area contributed by atoms with Crippen molar-refractivity contribution in [2.45, 2.75) is 13.3 Å². The summed E-state index contributed by atoms with van der Waals surface area (Å²) in [5.74, 6) is 0.364. The van der Waals surface area contributed by atoms with Gasteiger partial charge in [-0.1, -0.05) is 11.6 Å². The summed E-state index contributed by atoms with van der Waals surface area (Å²) >= 11 is 11.6. The molecule has 1 aromatic carbocycles.